The maximum Gasteiger partial charge on any atom is 0.250 e. The molecule has 104 valence electrons. The van der Waals surface area contributed by atoms with E-state index in [1.165, 1.54) is 12.1 Å². The zero-order chi connectivity index (χ0) is 14.9. The molecule has 0 unspecified atom stereocenters. The van der Waals surface area contributed by atoms with Gasteiger partial charge in [-0.05, 0) is 30.3 Å². The SMILES string of the molecule is NC(=O)c1cc(Nc2ccc(Cl)cc2F)c(F)cc1N. The molecule has 0 atom stereocenters. The highest BCUT2D eigenvalue weighted by Crippen LogP contribution is 2.27. The van der Waals surface area contributed by atoms with E-state index < -0.39 is 17.5 Å². The molecular weight excluding hydrogens is 288 g/mol. The molecule has 0 radical (unpaired) electrons. The van der Waals surface area contributed by atoms with Crippen LogP contribution < -0.4 is 16.8 Å². The van der Waals surface area contributed by atoms with Gasteiger partial charge in [0.15, 0.2) is 0 Å². The van der Waals surface area contributed by atoms with Crippen LogP contribution in [0.4, 0.5) is 25.8 Å². The predicted octanol–water partition coefficient (Wildman–Crippen LogP) is 3.04. The Kier molecular flexibility index (Phi) is 3.76. The number of benzene rings is 2. The molecule has 0 aliphatic carbocycles. The third-order valence-electron chi connectivity index (χ3n) is 2.61. The molecule has 2 aromatic rings. The van der Waals surface area contributed by atoms with Gasteiger partial charge in [0.2, 0.25) is 0 Å². The smallest absolute Gasteiger partial charge is 0.250 e. The molecule has 2 aromatic carbocycles. The van der Waals surface area contributed by atoms with Gasteiger partial charge in [0.25, 0.3) is 5.91 Å². The zero-order valence-corrected chi connectivity index (χ0v) is 10.8. The highest BCUT2D eigenvalue weighted by molar-refractivity contribution is 6.30. The van der Waals surface area contributed by atoms with Gasteiger partial charge < -0.3 is 16.8 Å². The lowest BCUT2D eigenvalue weighted by molar-refractivity contribution is 0.100. The van der Waals surface area contributed by atoms with Crippen molar-refractivity contribution in [2.24, 2.45) is 5.73 Å². The van der Waals surface area contributed by atoms with Crippen molar-refractivity contribution in [2.75, 3.05) is 11.1 Å². The van der Waals surface area contributed by atoms with Crippen LogP contribution in [0, 0.1) is 11.6 Å². The Balaban J connectivity index is 2.43. The molecule has 4 nitrogen and oxygen atoms in total. The molecule has 0 aliphatic rings. The molecule has 1 amide bonds. The van der Waals surface area contributed by atoms with E-state index in [9.17, 15) is 13.6 Å². The first-order chi connectivity index (χ1) is 9.38. The van der Waals surface area contributed by atoms with Crippen molar-refractivity contribution in [3.8, 4) is 0 Å². The summed E-state index contributed by atoms with van der Waals surface area (Å²) in [6.07, 6.45) is 0. The van der Waals surface area contributed by atoms with E-state index in [-0.39, 0.29) is 27.6 Å². The Bertz CT molecular complexity index is 692. The minimum absolute atomic E-state index is 0.00786. The lowest BCUT2D eigenvalue weighted by Gasteiger charge is -2.11. The Hall–Kier alpha value is -2.34. The Morgan fingerprint density at radius 2 is 1.75 bits per heavy atom. The summed E-state index contributed by atoms with van der Waals surface area (Å²) >= 11 is 5.62. The van der Waals surface area contributed by atoms with Crippen LogP contribution in [0.1, 0.15) is 10.4 Å². The number of rotatable bonds is 3. The molecule has 0 aromatic heterocycles. The third kappa shape index (κ3) is 2.80. The highest BCUT2D eigenvalue weighted by atomic mass is 35.5. The second-order valence-corrected chi connectivity index (χ2v) is 4.47. The molecule has 20 heavy (non-hydrogen) atoms. The molecule has 2 rings (SSSR count). The van der Waals surface area contributed by atoms with Crippen molar-refractivity contribution in [1.82, 2.24) is 0 Å². The monoisotopic (exact) mass is 297 g/mol. The second-order valence-electron chi connectivity index (χ2n) is 4.03. The van der Waals surface area contributed by atoms with E-state index in [0.29, 0.717) is 0 Å². The molecule has 0 saturated heterocycles. The van der Waals surface area contributed by atoms with E-state index >= 15 is 0 Å². The maximum atomic E-state index is 13.7. The van der Waals surface area contributed by atoms with E-state index in [2.05, 4.69) is 5.32 Å². The number of carbonyl (C=O) groups excluding carboxylic acids is 1. The summed E-state index contributed by atoms with van der Waals surface area (Å²) in [6, 6.07) is 5.93. The van der Waals surface area contributed by atoms with E-state index in [1.807, 2.05) is 0 Å². The normalized spacial score (nSPS) is 10.3. The van der Waals surface area contributed by atoms with Crippen LogP contribution in [0.5, 0.6) is 0 Å². The Morgan fingerprint density at radius 1 is 1.10 bits per heavy atom. The minimum atomic E-state index is -0.804. The number of nitrogen functional groups attached to an aromatic ring is 1. The molecule has 0 spiro atoms. The van der Waals surface area contributed by atoms with Gasteiger partial charge in [-0.1, -0.05) is 11.6 Å². The number of amides is 1. The fourth-order valence-corrected chi connectivity index (χ4v) is 1.79. The van der Waals surface area contributed by atoms with Gasteiger partial charge >= 0.3 is 0 Å². The van der Waals surface area contributed by atoms with Crippen molar-refractivity contribution in [1.29, 1.82) is 0 Å². The molecule has 0 heterocycles. The van der Waals surface area contributed by atoms with Gasteiger partial charge in [0.05, 0.1) is 16.9 Å². The van der Waals surface area contributed by atoms with Crippen LogP contribution >= 0.6 is 11.6 Å². The van der Waals surface area contributed by atoms with Crippen LogP contribution in [0.2, 0.25) is 5.02 Å². The van der Waals surface area contributed by atoms with E-state index in [4.69, 9.17) is 23.1 Å². The summed E-state index contributed by atoms with van der Waals surface area (Å²) in [7, 11) is 0. The minimum Gasteiger partial charge on any atom is -0.398 e. The van der Waals surface area contributed by atoms with Crippen molar-refractivity contribution in [3.05, 3.63) is 52.6 Å². The van der Waals surface area contributed by atoms with Crippen LogP contribution in [-0.4, -0.2) is 5.91 Å². The van der Waals surface area contributed by atoms with Crippen LogP contribution in [0.15, 0.2) is 30.3 Å². The maximum absolute atomic E-state index is 13.7. The molecule has 5 N–H and O–H groups in total. The molecule has 0 aliphatic heterocycles. The quantitative estimate of drug-likeness (QED) is 0.762. The second kappa shape index (κ2) is 5.34. The molecular formula is C13H10ClF2N3O. The summed E-state index contributed by atoms with van der Waals surface area (Å²) < 4.78 is 27.4. The number of primary amides is 1. The number of halogens is 3. The molecule has 0 bridgehead atoms. The van der Waals surface area contributed by atoms with Gasteiger partial charge in [-0.3, -0.25) is 4.79 Å². The Labute approximate surface area is 118 Å². The van der Waals surface area contributed by atoms with Crippen molar-refractivity contribution in [3.63, 3.8) is 0 Å². The number of nitrogens with one attached hydrogen (secondary N) is 1. The standard InChI is InChI=1S/C13H10ClF2N3O/c14-6-1-2-11(8(15)3-6)19-12-4-7(13(18)20)10(17)5-9(12)16/h1-5,19H,17H2,(H2,18,20). The van der Waals surface area contributed by atoms with Gasteiger partial charge in [-0.2, -0.15) is 0 Å². The van der Waals surface area contributed by atoms with Gasteiger partial charge in [0.1, 0.15) is 11.6 Å². The average molecular weight is 298 g/mol. The summed E-state index contributed by atoms with van der Waals surface area (Å²) in [5, 5.41) is 2.73. The first-order valence-corrected chi connectivity index (χ1v) is 5.87. The molecule has 7 heteroatoms. The third-order valence-corrected chi connectivity index (χ3v) is 2.84. The lowest BCUT2D eigenvalue weighted by atomic mass is 10.1. The van der Waals surface area contributed by atoms with E-state index in [1.54, 1.807) is 0 Å². The fourth-order valence-electron chi connectivity index (χ4n) is 1.63. The number of hydrogen-bond acceptors (Lipinski definition) is 3. The Morgan fingerprint density at radius 3 is 2.35 bits per heavy atom. The summed E-state index contributed by atoms with van der Waals surface area (Å²) in [6.45, 7) is 0. The largest absolute Gasteiger partial charge is 0.398 e. The molecule has 0 saturated carbocycles. The van der Waals surface area contributed by atoms with Crippen LogP contribution in [0.3, 0.4) is 0 Å². The number of nitrogens with two attached hydrogens (primary N) is 2. The van der Waals surface area contributed by atoms with Gasteiger partial charge in [-0.25, -0.2) is 8.78 Å². The zero-order valence-electron chi connectivity index (χ0n) is 10.1. The average Bonchev–Trinajstić information content (AvgIpc) is 2.35. The number of anilines is 3. The summed E-state index contributed by atoms with van der Waals surface area (Å²) in [5.41, 5.74) is 10.3. The van der Waals surface area contributed by atoms with Crippen LogP contribution in [0.25, 0.3) is 0 Å². The number of carbonyl (C=O) groups is 1. The van der Waals surface area contributed by atoms with Crippen molar-refractivity contribution >= 4 is 34.6 Å². The van der Waals surface area contributed by atoms with E-state index in [0.717, 1.165) is 18.2 Å². The molecule has 0 fully saturated rings. The van der Waals surface area contributed by atoms with Crippen molar-refractivity contribution in [2.45, 2.75) is 0 Å². The predicted molar refractivity (Wildman–Crippen MR) is 74.0 cm³/mol. The topological polar surface area (TPSA) is 81.1 Å². The van der Waals surface area contributed by atoms with Crippen molar-refractivity contribution < 1.29 is 13.6 Å². The first kappa shape index (κ1) is 14.1. The summed E-state index contributed by atoms with van der Waals surface area (Å²) in [4.78, 5) is 11.1. The lowest BCUT2D eigenvalue weighted by Crippen LogP contribution is -2.14. The van der Waals surface area contributed by atoms with Crippen LogP contribution in [-0.2, 0) is 0 Å². The highest BCUT2D eigenvalue weighted by Gasteiger charge is 2.13. The van der Waals surface area contributed by atoms with Gasteiger partial charge in [0, 0.05) is 10.7 Å². The first-order valence-electron chi connectivity index (χ1n) is 5.49. The fraction of sp³-hybridized carbons (Fsp3) is 0. The van der Waals surface area contributed by atoms with Gasteiger partial charge in [-0.15, -0.1) is 0 Å². The number of hydrogen-bond donors (Lipinski definition) is 3. The summed E-state index contributed by atoms with van der Waals surface area (Å²) in [5.74, 6) is -2.20.